The molecule has 1 aromatic rings. The van der Waals surface area contributed by atoms with Gasteiger partial charge in [0, 0.05) is 13.1 Å². The van der Waals surface area contributed by atoms with Crippen molar-refractivity contribution in [2.24, 2.45) is 0 Å². The van der Waals surface area contributed by atoms with Gasteiger partial charge in [0.2, 0.25) is 0 Å². The van der Waals surface area contributed by atoms with Crippen LogP contribution in [-0.2, 0) is 4.74 Å². The Hall–Kier alpha value is -1.72. The predicted molar refractivity (Wildman–Crippen MR) is 87.5 cm³/mol. The lowest BCUT2D eigenvalue weighted by Crippen LogP contribution is -2.33. The SMILES string of the molecule is CCCCOC(=O)N(CCCC)CCCC.c1ncncn1. The monoisotopic (exact) mass is 310 g/mol. The number of nitrogens with zero attached hydrogens (tertiary/aromatic N) is 4. The molecule has 0 atom stereocenters. The molecule has 0 saturated heterocycles. The van der Waals surface area contributed by atoms with Crippen molar-refractivity contribution in [1.82, 2.24) is 19.9 Å². The second-order valence-electron chi connectivity index (χ2n) is 4.96. The number of ether oxygens (including phenoxy) is 1. The van der Waals surface area contributed by atoms with E-state index in [1.54, 1.807) is 0 Å². The molecule has 0 saturated carbocycles. The number of rotatable bonds is 9. The summed E-state index contributed by atoms with van der Waals surface area (Å²) in [6.07, 6.45) is 10.6. The largest absolute Gasteiger partial charge is 0.449 e. The summed E-state index contributed by atoms with van der Waals surface area (Å²) >= 11 is 0. The van der Waals surface area contributed by atoms with Gasteiger partial charge in [0.05, 0.1) is 6.61 Å². The van der Waals surface area contributed by atoms with Crippen LogP contribution in [0.15, 0.2) is 19.0 Å². The molecular weight excluding hydrogens is 280 g/mol. The summed E-state index contributed by atoms with van der Waals surface area (Å²) in [4.78, 5) is 24.3. The van der Waals surface area contributed by atoms with Gasteiger partial charge in [-0.05, 0) is 19.3 Å². The number of carbonyl (C=O) groups is 1. The van der Waals surface area contributed by atoms with Crippen LogP contribution in [-0.4, -0.2) is 45.6 Å². The molecule has 0 radical (unpaired) electrons. The van der Waals surface area contributed by atoms with Crippen LogP contribution in [0.3, 0.4) is 0 Å². The van der Waals surface area contributed by atoms with Crippen LogP contribution in [0.25, 0.3) is 0 Å². The Morgan fingerprint density at radius 2 is 1.32 bits per heavy atom. The van der Waals surface area contributed by atoms with E-state index >= 15 is 0 Å². The fraction of sp³-hybridized carbons (Fsp3) is 0.750. The molecule has 0 unspecified atom stereocenters. The molecule has 0 aliphatic heterocycles. The van der Waals surface area contributed by atoms with Crippen molar-refractivity contribution in [3.8, 4) is 0 Å². The van der Waals surface area contributed by atoms with Gasteiger partial charge in [0.25, 0.3) is 0 Å². The maximum atomic E-state index is 11.7. The first-order valence-corrected chi connectivity index (χ1v) is 8.22. The van der Waals surface area contributed by atoms with Crippen LogP contribution in [0.4, 0.5) is 4.79 Å². The fourth-order valence-electron chi connectivity index (χ4n) is 1.59. The summed E-state index contributed by atoms with van der Waals surface area (Å²) in [5.74, 6) is 0. The van der Waals surface area contributed by atoms with Crippen molar-refractivity contribution in [3.63, 3.8) is 0 Å². The van der Waals surface area contributed by atoms with Gasteiger partial charge in [-0.15, -0.1) is 0 Å². The Morgan fingerprint density at radius 3 is 1.68 bits per heavy atom. The zero-order chi connectivity index (χ0) is 16.5. The van der Waals surface area contributed by atoms with Crippen LogP contribution in [0.1, 0.15) is 59.3 Å². The normalized spacial score (nSPS) is 9.59. The summed E-state index contributed by atoms with van der Waals surface area (Å²) in [6.45, 7) is 8.60. The zero-order valence-electron chi connectivity index (χ0n) is 14.2. The molecule has 22 heavy (non-hydrogen) atoms. The molecule has 0 aliphatic carbocycles. The van der Waals surface area contributed by atoms with E-state index in [1.165, 1.54) is 19.0 Å². The minimum Gasteiger partial charge on any atom is -0.449 e. The molecule has 1 rings (SSSR count). The molecule has 0 spiro atoms. The van der Waals surface area contributed by atoms with Gasteiger partial charge in [-0.25, -0.2) is 19.7 Å². The molecule has 1 aromatic heterocycles. The van der Waals surface area contributed by atoms with E-state index < -0.39 is 0 Å². The van der Waals surface area contributed by atoms with Crippen LogP contribution in [0.5, 0.6) is 0 Å². The minimum absolute atomic E-state index is 0.129. The average molecular weight is 310 g/mol. The molecule has 1 heterocycles. The van der Waals surface area contributed by atoms with E-state index in [2.05, 4.69) is 35.7 Å². The van der Waals surface area contributed by atoms with Crippen LogP contribution in [0.2, 0.25) is 0 Å². The van der Waals surface area contributed by atoms with Gasteiger partial charge in [-0.1, -0.05) is 40.0 Å². The molecule has 0 N–H and O–H groups in total. The van der Waals surface area contributed by atoms with E-state index in [1.807, 2.05) is 4.90 Å². The number of carbonyl (C=O) groups excluding carboxylic acids is 1. The number of hydrogen-bond acceptors (Lipinski definition) is 5. The third kappa shape index (κ3) is 12.1. The van der Waals surface area contributed by atoms with Crippen LogP contribution in [0, 0.1) is 0 Å². The van der Waals surface area contributed by atoms with Crippen molar-refractivity contribution in [2.45, 2.75) is 59.3 Å². The van der Waals surface area contributed by atoms with Gasteiger partial charge >= 0.3 is 6.09 Å². The number of aromatic nitrogens is 3. The quantitative estimate of drug-likeness (QED) is 0.651. The molecular formula is C16H30N4O2. The van der Waals surface area contributed by atoms with Gasteiger partial charge in [0.15, 0.2) is 0 Å². The van der Waals surface area contributed by atoms with Crippen molar-refractivity contribution >= 4 is 6.09 Å². The molecule has 0 bridgehead atoms. The summed E-state index contributed by atoms with van der Waals surface area (Å²) in [5, 5.41) is 0. The van der Waals surface area contributed by atoms with Crippen molar-refractivity contribution in [3.05, 3.63) is 19.0 Å². The Balaban J connectivity index is 0.000000604. The average Bonchev–Trinajstić information content (AvgIpc) is 2.57. The lowest BCUT2D eigenvalue weighted by molar-refractivity contribution is 0.0999. The van der Waals surface area contributed by atoms with E-state index in [0.29, 0.717) is 6.61 Å². The van der Waals surface area contributed by atoms with Gasteiger partial charge in [-0.3, -0.25) is 0 Å². The Kier molecular flexibility index (Phi) is 14.4. The first kappa shape index (κ1) is 20.3. The van der Waals surface area contributed by atoms with E-state index in [9.17, 15) is 4.79 Å². The summed E-state index contributed by atoms with van der Waals surface area (Å²) < 4.78 is 5.23. The fourth-order valence-corrected chi connectivity index (χ4v) is 1.59. The second-order valence-corrected chi connectivity index (χ2v) is 4.96. The predicted octanol–water partition coefficient (Wildman–Crippen LogP) is 3.70. The van der Waals surface area contributed by atoms with Gasteiger partial charge in [-0.2, -0.15) is 0 Å². The molecule has 126 valence electrons. The first-order valence-electron chi connectivity index (χ1n) is 8.22. The van der Waals surface area contributed by atoms with Crippen LogP contribution >= 0.6 is 0 Å². The highest BCUT2D eigenvalue weighted by molar-refractivity contribution is 5.67. The molecule has 6 heteroatoms. The first-order chi connectivity index (χ1) is 10.8. The van der Waals surface area contributed by atoms with Crippen molar-refractivity contribution in [2.75, 3.05) is 19.7 Å². The lowest BCUT2D eigenvalue weighted by Gasteiger charge is -2.21. The lowest BCUT2D eigenvalue weighted by atomic mass is 10.3. The Bertz CT molecular complexity index is 315. The standard InChI is InChI=1S/C13H27NO2.C3H3N3/c1-4-7-10-14(11-8-5-2)13(15)16-12-9-6-3;1-4-2-6-3-5-1/h4-12H2,1-3H3;1-3H. The highest BCUT2D eigenvalue weighted by atomic mass is 16.6. The minimum atomic E-state index is -0.129. The highest BCUT2D eigenvalue weighted by Crippen LogP contribution is 2.02. The van der Waals surface area contributed by atoms with Crippen LogP contribution < -0.4 is 0 Å². The third-order valence-corrected chi connectivity index (χ3v) is 2.94. The topological polar surface area (TPSA) is 68.2 Å². The molecule has 1 amide bonds. The highest BCUT2D eigenvalue weighted by Gasteiger charge is 2.12. The van der Waals surface area contributed by atoms with Crippen molar-refractivity contribution < 1.29 is 9.53 Å². The summed E-state index contributed by atoms with van der Waals surface area (Å²) in [5.41, 5.74) is 0. The molecule has 0 aromatic carbocycles. The summed E-state index contributed by atoms with van der Waals surface area (Å²) in [6, 6.07) is 0. The maximum Gasteiger partial charge on any atom is 0.409 e. The Labute approximate surface area is 134 Å². The smallest absolute Gasteiger partial charge is 0.409 e. The third-order valence-electron chi connectivity index (χ3n) is 2.94. The second kappa shape index (κ2) is 15.7. The van der Waals surface area contributed by atoms with Gasteiger partial charge in [0.1, 0.15) is 19.0 Å². The van der Waals surface area contributed by atoms with Crippen molar-refractivity contribution in [1.29, 1.82) is 0 Å². The van der Waals surface area contributed by atoms with E-state index in [0.717, 1.165) is 51.6 Å². The maximum absolute atomic E-state index is 11.7. The summed E-state index contributed by atoms with van der Waals surface area (Å²) in [7, 11) is 0. The number of unbranched alkanes of at least 4 members (excludes halogenated alkanes) is 3. The zero-order valence-corrected chi connectivity index (χ0v) is 14.2. The van der Waals surface area contributed by atoms with E-state index in [4.69, 9.17) is 4.74 Å². The number of amides is 1. The molecule has 0 fully saturated rings. The van der Waals surface area contributed by atoms with Gasteiger partial charge < -0.3 is 9.64 Å². The van der Waals surface area contributed by atoms with E-state index in [-0.39, 0.29) is 6.09 Å². The molecule has 0 aliphatic rings. The number of hydrogen-bond donors (Lipinski definition) is 0. The Morgan fingerprint density at radius 1 is 0.864 bits per heavy atom. The molecule has 6 nitrogen and oxygen atoms in total.